The monoisotopic (exact) mass is 521 g/mol. The molecule has 176 valence electrons. The molecule has 1 spiro atoms. The van der Waals surface area contributed by atoms with E-state index in [-0.39, 0.29) is 35.3 Å². The summed E-state index contributed by atoms with van der Waals surface area (Å²) in [7, 11) is 3.50. The molecule has 11 heteroatoms. The number of hydrazone groups is 2. The molecule has 2 saturated carbocycles. The van der Waals surface area contributed by atoms with Gasteiger partial charge in [0.15, 0.2) is 8.64 Å². The predicted molar refractivity (Wildman–Crippen MR) is 145 cm³/mol. The van der Waals surface area contributed by atoms with Crippen LogP contribution in [0.3, 0.4) is 0 Å². The minimum absolute atomic E-state index is 0.0231. The lowest BCUT2D eigenvalue weighted by Crippen LogP contribution is -2.85. The Morgan fingerprint density at radius 2 is 1.76 bits per heavy atom. The second kappa shape index (κ2) is 9.61. The maximum Gasteiger partial charge on any atom is 0.310 e. The molecule has 7 nitrogen and oxygen atoms in total. The molecular formula is C22H27N5O2S4. The lowest BCUT2D eigenvalue weighted by atomic mass is 9.50. The maximum atomic E-state index is 13.0. The zero-order chi connectivity index (χ0) is 23.9. The van der Waals surface area contributed by atoms with Crippen LogP contribution < -0.4 is 10.9 Å². The molecule has 33 heavy (non-hydrogen) atoms. The summed E-state index contributed by atoms with van der Waals surface area (Å²) in [4.78, 5) is 15.3. The van der Waals surface area contributed by atoms with E-state index in [9.17, 15) is 4.79 Å². The van der Waals surface area contributed by atoms with Gasteiger partial charge >= 0.3 is 5.97 Å². The van der Waals surface area contributed by atoms with Gasteiger partial charge in [-0.15, -0.1) is 0 Å². The molecule has 1 saturated heterocycles. The fourth-order valence-electron chi connectivity index (χ4n) is 5.72. The highest BCUT2D eigenvalue weighted by Crippen LogP contribution is 2.67. The van der Waals surface area contributed by atoms with Gasteiger partial charge in [0.1, 0.15) is 5.71 Å². The van der Waals surface area contributed by atoms with Crippen LogP contribution in [-0.4, -0.2) is 69.7 Å². The summed E-state index contributed by atoms with van der Waals surface area (Å²) < 4.78 is 6.45. The van der Waals surface area contributed by atoms with Crippen LogP contribution in [0.15, 0.2) is 34.5 Å². The molecule has 4 rings (SSSR count). The summed E-state index contributed by atoms with van der Waals surface area (Å²) in [6.45, 7) is 2.06. The number of thioether (sulfide) groups is 2. The SMILES string of the molecule is COC(=O)[C@@H]1[C@@H]2N(C)[C@H]3C(=N\NC(=S)SC)/C(=N/NC(=S)SC)C32C[C@H]1c1ccc(C)cc1. The minimum atomic E-state index is -0.300. The molecule has 0 radical (unpaired) electrons. The number of benzene rings is 1. The summed E-state index contributed by atoms with van der Waals surface area (Å²) in [5.41, 5.74) is 9.65. The van der Waals surface area contributed by atoms with Crippen molar-refractivity contribution in [3.05, 3.63) is 35.4 Å². The Labute approximate surface area is 213 Å². The molecule has 5 atom stereocenters. The van der Waals surface area contributed by atoms with Crippen molar-refractivity contribution in [2.45, 2.75) is 31.3 Å². The van der Waals surface area contributed by atoms with Crippen LogP contribution in [0.25, 0.3) is 0 Å². The van der Waals surface area contributed by atoms with Crippen molar-refractivity contribution in [2.24, 2.45) is 21.5 Å². The van der Waals surface area contributed by atoms with Gasteiger partial charge in [0.2, 0.25) is 0 Å². The number of rotatable bonds is 4. The smallest absolute Gasteiger partial charge is 0.310 e. The average molecular weight is 522 g/mol. The van der Waals surface area contributed by atoms with Crippen molar-refractivity contribution < 1.29 is 9.53 Å². The zero-order valence-corrected chi connectivity index (χ0v) is 22.4. The fraction of sp³-hybridized carbons (Fsp3) is 0.500. The number of nitrogens with zero attached hydrogens (tertiary/aromatic N) is 3. The summed E-state index contributed by atoms with van der Waals surface area (Å²) in [6, 6.07) is 8.45. The van der Waals surface area contributed by atoms with Gasteiger partial charge in [-0.05, 0) is 44.4 Å². The molecule has 1 unspecified atom stereocenters. The van der Waals surface area contributed by atoms with E-state index in [2.05, 4.69) is 52.0 Å². The number of thiocarbonyl (C=S) groups is 2. The third-order valence-corrected chi connectivity index (χ3v) is 9.12. The number of carbonyl (C=O) groups is 1. The molecule has 0 bridgehead atoms. The first-order valence-corrected chi connectivity index (χ1v) is 13.8. The lowest BCUT2D eigenvalue weighted by Gasteiger charge is -2.67. The molecule has 0 amide bonds. The molecule has 2 aliphatic carbocycles. The van der Waals surface area contributed by atoms with Crippen molar-refractivity contribution >= 4 is 74.0 Å². The van der Waals surface area contributed by atoms with Gasteiger partial charge < -0.3 is 4.74 Å². The van der Waals surface area contributed by atoms with Crippen LogP contribution in [-0.2, 0) is 9.53 Å². The zero-order valence-electron chi connectivity index (χ0n) is 19.1. The summed E-state index contributed by atoms with van der Waals surface area (Å²) in [6.07, 6.45) is 4.59. The number of likely N-dealkylation sites (tertiary alicyclic amines) is 1. The predicted octanol–water partition coefficient (Wildman–Crippen LogP) is 3.14. The molecule has 3 fully saturated rings. The number of hydrogen-bond donors (Lipinski definition) is 2. The highest BCUT2D eigenvalue weighted by molar-refractivity contribution is 8.22. The third-order valence-electron chi connectivity index (χ3n) is 7.01. The van der Waals surface area contributed by atoms with E-state index < -0.39 is 0 Å². The number of hydrogen-bond acceptors (Lipinski definition) is 9. The van der Waals surface area contributed by atoms with E-state index in [0.29, 0.717) is 8.64 Å². The number of ether oxygens (including phenoxy) is 1. The van der Waals surface area contributed by atoms with E-state index >= 15 is 0 Å². The van der Waals surface area contributed by atoms with E-state index in [1.807, 2.05) is 19.6 Å². The summed E-state index contributed by atoms with van der Waals surface area (Å²) >= 11 is 13.4. The van der Waals surface area contributed by atoms with Gasteiger partial charge in [0, 0.05) is 6.04 Å². The van der Waals surface area contributed by atoms with E-state index in [4.69, 9.17) is 34.3 Å². The van der Waals surface area contributed by atoms with Crippen molar-refractivity contribution in [1.82, 2.24) is 15.8 Å². The highest BCUT2D eigenvalue weighted by atomic mass is 32.2. The van der Waals surface area contributed by atoms with Crippen LogP contribution in [0.2, 0.25) is 0 Å². The van der Waals surface area contributed by atoms with Gasteiger partial charge in [0.25, 0.3) is 0 Å². The van der Waals surface area contributed by atoms with E-state index in [1.165, 1.54) is 36.2 Å². The molecule has 1 aromatic carbocycles. The van der Waals surface area contributed by atoms with Crippen molar-refractivity contribution in [1.29, 1.82) is 0 Å². The quantitative estimate of drug-likeness (QED) is 0.353. The molecular weight excluding hydrogens is 495 g/mol. The van der Waals surface area contributed by atoms with Crippen molar-refractivity contribution in [3.63, 3.8) is 0 Å². The van der Waals surface area contributed by atoms with E-state index in [0.717, 1.165) is 23.4 Å². The Bertz CT molecular complexity index is 1040. The Morgan fingerprint density at radius 3 is 2.33 bits per heavy atom. The maximum absolute atomic E-state index is 13.0. The number of carbonyl (C=O) groups excluding carboxylic acids is 1. The van der Waals surface area contributed by atoms with Gasteiger partial charge in [0.05, 0.1) is 30.2 Å². The van der Waals surface area contributed by atoms with Crippen LogP contribution in [0.5, 0.6) is 0 Å². The first kappa shape index (κ1) is 24.6. The lowest BCUT2D eigenvalue weighted by molar-refractivity contribution is -0.152. The van der Waals surface area contributed by atoms with Gasteiger partial charge in [-0.1, -0.05) is 77.8 Å². The molecule has 2 N–H and O–H groups in total. The second-order valence-corrected chi connectivity index (χ2v) is 11.5. The number of methoxy groups -OCH3 is 1. The van der Waals surface area contributed by atoms with Crippen LogP contribution in [0.4, 0.5) is 0 Å². The van der Waals surface area contributed by atoms with Crippen LogP contribution in [0.1, 0.15) is 23.5 Å². The van der Waals surface area contributed by atoms with Gasteiger partial charge in [-0.3, -0.25) is 20.5 Å². The number of nitrogens with one attached hydrogen (secondary N) is 2. The van der Waals surface area contributed by atoms with E-state index in [1.54, 1.807) is 0 Å². The molecule has 1 aliphatic heterocycles. The standard InChI is InChI=1S/C22H27N5O2S4/c1-11-6-8-12(9-7-11)13-10-22-16(24-26-21(31)33-5)15(23-25-20(30)32-4)18(22)27(2)17(22)14(13)19(28)29-3/h6-9,13-14,17-18H,10H2,1-5H3,(H,25,30)(H,26,31)/b23-15-,24-16-/t13-,14-,17-,18-,22?/m0/s1. The fourth-order valence-corrected chi connectivity index (χ4v) is 6.08. The van der Waals surface area contributed by atoms with Crippen molar-refractivity contribution in [2.75, 3.05) is 26.7 Å². The summed E-state index contributed by atoms with van der Waals surface area (Å²) in [5.74, 6) is -0.458. The molecule has 0 aromatic heterocycles. The summed E-state index contributed by atoms with van der Waals surface area (Å²) in [5, 5.41) is 9.30. The Morgan fingerprint density at radius 1 is 1.15 bits per heavy atom. The molecule has 3 aliphatic rings. The average Bonchev–Trinajstić information content (AvgIpc) is 3.16. The normalized spacial score (nSPS) is 32.4. The Hall–Kier alpha value is -1.53. The van der Waals surface area contributed by atoms with Crippen molar-refractivity contribution in [3.8, 4) is 0 Å². The molecule has 1 heterocycles. The number of piperidine rings is 1. The highest BCUT2D eigenvalue weighted by Gasteiger charge is 2.79. The topological polar surface area (TPSA) is 78.3 Å². The van der Waals surface area contributed by atoms with Crippen LogP contribution in [0, 0.1) is 18.3 Å². The number of esters is 1. The first-order chi connectivity index (χ1) is 15.8. The molecule has 1 aromatic rings. The minimum Gasteiger partial charge on any atom is -0.469 e. The van der Waals surface area contributed by atoms with Crippen LogP contribution >= 0.6 is 48.0 Å². The Balaban J connectivity index is 1.76. The largest absolute Gasteiger partial charge is 0.469 e. The third kappa shape index (κ3) is 3.91. The first-order valence-electron chi connectivity index (χ1n) is 10.5. The number of aryl methyl sites for hydroxylation is 1. The van der Waals surface area contributed by atoms with Gasteiger partial charge in [-0.2, -0.15) is 10.2 Å². The second-order valence-electron chi connectivity index (χ2n) is 8.49. The Kier molecular flexibility index (Phi) is 7.16. The van der Waals surface area contributed by atoms with Gasteiger partial charge in [-0.25, -0.2) is 0 Å².